The summed E-state index contributed by atoms with van der Waals surface area (Å²) in [5.74, 6) is -1.05. The molecule has 1 fully saturated rings. The molecule has 9 nitrogen and oxygen atoms in total. The predicted molar refractivity (Wildman–Crippen MR) is 92.9 cm³/mol. The number of amides is 3. The Bertz CT molecular complexity index is 886. The second-order valence-corrected chi connectivity index (χ2v) is 6.03. The first-order chi connectivity index (χ1) is 12.8. The molecule has 1 aromatic carbocycles. The van der Waals surface area contributed by atoms with E-state index in [4.69, 9.17) is 9.26 Å². The maximum absolute atomic E-state index is 12.2. The van der Waals surface area contributed by atoms with Crippen LogP contribution in [0.1, 0.15) is 35.9 Å². The van der Waals surface area contributed by atoms with E-state index >= 15 is 0 Å². The molecule has 2 aromatic rings. The number of ether oxygens (including phenoxy) is 1. The summed E-state index contributed by atoms with van der Waals surface area (Å²) in [6, 6.07) is 7.37. The highest BCUT2D eigenvalue weighted by Gasteiger charge is 2.30. The average Bonchev–Trinajstić information content (AvgIpc) is 3.19. The number of nitrogens with one attached hydrogen (secondary N) is 1. The molecule has 27 heavy (non-hydrogen) atoms. The Morgan fingerprint density at radius 2 is 1.81 bits per heavy atom. The van der Waals surface area contributed by atoms with E-state index in [0.717, 1.165) is 4.90 Å². The predicted octanol–water partition coefficient (Wildman–Crippen LogP) is 1.82. The molecule has 3 amide bonds. The van der Waals surface area contributed by atoms with Crippen molar-refractivity contribution in [2.75, 3.05) is 10.2 Å². The standard InChI is InChI=1S/C18H17N3O6/c1-10-9-14(20-27-10)19-17(24)11(2)26-18(25)12-3-5-13(6-4-12)21-15(22)7-8-16(21)23/h3-6,9,11H,7-8H2,1-2H3,(H,19,20,24)/t11-/m0/s1. The topological polar surface area (TPSA) is 119 Å². The normalized spacial score (nSPS) is 15.0. The number of carbonyl (C=O) groups is 4. The molecule has 0 bridgehead atoms. The number of nitrogens with zero attached hydrogens (tertiary/aromatic N) is 2. The zero-order valence-corrected chi connectivity index (χ0v) is 14.7. The lowest BCUT2D eigenvalue weighted by molar-refractivity contribution is -0.124. The van der Waals surface area contributed by atoms with Crippen molar-refractivity contribution >= 4 is 35.2 Å². The molecular weight excluding hydrogens is 354 g/mol. The van der Waals surface area contributed by atoms with Crippen molar-refractivity contribution in [3.05, 3.63) is 41.7 Å². The summed E-state index contributed by atoms with van der Waals surface area (Å²) in [5, 5.41) is 6.10. The second kappa shape index (κ2) is 7.40. The molecule has 1 atom stereocenters. The van der Waals surface area contributed by atoms with Crippen LogP contribution >= 0.6 is 0 Å². The third kappa shape index (κ3) is 4.02. The highest BCUT2D eigenvalue weighted by molar-refractivity contribution is 6.19. The van der Waals surface area contributed by atoms with Crippen LogP contribution in [0, 0.1) is 6.92 Å². The summed E-state index contributed by atoms with van der Waals surface area (Å²) in [4.78, 5) is 48.8. The van der Waals surface area contributed by atoms with Crippen molar-refractivity contribution in [3.63, 3.8) is 0 Å². The van der Waals surface area contributed by atoms with Gasteiger partial charge in [-0.3, -0.25) is 19.3 Å². The molecule has 1 N–H and O–H groups in total. The Balaban J connectivity index is 1.61. The van der Waals surface area contributed by atoms with E-state index in [1.807, 2.05) is 0 Å². The molecule has 0 aliphatic carbocycles. The van der Waals surface area contributed by atoms with Crippen LogP contribution < -0.4 is 10.2 Å². The molecular formula is C18H17N3O6. The van der Waals surface area contributed by atoms with Crippen LogP contribution in [0.4, 0.5) is 11.5 Å². The van der Waals surface area contributed by atoms with Crippen molar-refractivity contribution in [1.29, 1.82) is 0 Å². The monoisotopic (exact) mass is 371 g/mol. The van der Waals surface area contributed by atoms with Gasteiger partial charge in [-0.2, -0.15) is 0 Å². The first kappa shape index (κ1) is 18.3. The Kier molecular flexibility index (Phi) is 5.02. The van der Waals surface area contributed by atoms with Gasteiger partial charge in [-0.1, -0.05) is 5.16 Å². The van der Waals surface area contributed by atoms with Gasteiger partial charge in [-0.15, -0.1) is 0 Å². The van der Waals surface area contributed by atoms with E-state index in [0.29, 0.717) is 11.4 Å². The van der Waals surface area contributed by atoms with Crippen molar-refractivity contribution in [2.24, 2.45) is 0 Å². The van der Waals surface area contributed by atoms with Gasteiger partial charge in [0.15, 0.2) is 11.9 Å². The quantitative estimate of drug-likeness (QED) is 0.629. The number of aryl methyl sites for hydroxylation is 1. The molecule has 0 radical (unpaired) electrons. The molecule has 1 aliphatic rings. The Morgan fingerprint density at radius 1 is 1.19 bits per heavy atom. The van der Waals surface area contributed by atoms with Crippen molar-refractivity contribution in [3.8, 4) is 0 Å². The van der Waals surface area contributed by atoms with E-state index < -0.39 is 18.0 Å². The minimum atomic E-state index is -1.06. The van der Waals surface area contributed by atoms with E-state index in [1.165, 1.54) is 37.3 Å². The van der Waals surface area contributed by atoms with Crippen molar-refractivity contribution in [1.82, 2.24) is 5.16 Å². The lowest BCUT2D eigenvalue weighted by atomic mass is 10.2. The number of carbonyl (C=O) groups excluding carboxylic acids is 4. The summed E-state index contributed by atoms with van der Waals surface area (Å²) in [5.41, 5.74) is 0.584. The molecule has 9 heteroatoms. The van der Waals surface area contributed by atoms with Crippen molar-refractivity contribution in [2.45, 2.75) is 32.8 Å². The van der Waals surface area contributed by atoms with Gasteiger partial charge in [0.25, 0.3) is 5.91 Å². The first-order valence-electron chi connectivity index (χ1n) is 8.26. The minimum absolute atomic E-state index is 0.181. The number of hydrogen-bond acceptors (Lipinski definition) is 7. The Labute approximate surface area is 154 Å². The van der Waals surface area contributed by atoms with Gasteiger partial charge in [0.2, 0.25) is 11.8 Å². The average molecular weight is 371 g/mol. The zero-order chi connectivity index (χ0) is 19.6. The maximum Gasteiger partial charge on any atom is 0.338 e. The smallest absolute Gasteiger partial charge is 0.338 e. The number of anilines is 2. The van der Waals surface area contributed by atoms with Gasteiger partial charge >= 0.3 is 5.97 Å². The van der Waals surface area contributed by atoms with Crippen LogP contribution in [0.15, 0.2) is 34.9 Å². The third-order valence-electron chi connectivity index (χ3n) is 3.95. The van der Waals surface area contributed by atoms with Gasteiger partial charge in [0, 0.05) is 18.9 Å². The molecule has 0 unspecified atom stereocenters. The highest BCUT2D eigenvalue weighted by Crippen LogP contribution is 2.23. The van der Waals surface area contributed by atoms with Crippen molar-refractivity contribution < 1.29 is 28.4 Å². The molecule has 0 saturated carbocycles. The number of rotatable bonds is 5. The summed E-state index contributed by atoms with van der Waals surface area (Å²) in [7, 11) is 0. The van der Waals surface area contributed by atoms with Crippen LogP contribution in [-0.4, -0.2) is 35.0 Å². The second-order valence-electron chi connectivity index (χ2n) is 6.03. The highest BCUT2D eigenvalue weighted by atomic mass is 16.5. The number of imide groups is 1. The van der Waals surface area contributed by atoms with Gasteiger partial charge in [-0.25, -0.2) is 4.79 Å². The minimum Gasteiger partial charge on any atom is -0.449 e. The van der Waals surface area contributed by atoms with Crippen LogP contribution in [0.5, 0.6) is 0 Å². The molecule has 1 aliphatic heterocycles. The lowest BCUT2D eigenvalue weighted by Gasteiger charge is -2.15. The summed E-state index contributed by atoms with van der Waals surface area (Å²) < 4.78 is 9.97. The third-order valence-corrected chi connectivity index (χ3v) is 3.95. The Hall–Kier alpha value is -3.49. The van der Waals surface area contributed by atoms with Crippen LogP contribution in [0.25, 0.3) is 0 Å². The maximum atomic E-state index is 12.2. The Morgan fingerprint density at radius 3 is 2.37 bits per heavy atom. The molecule has 2 heterocycles. The molecule has 140 valence electrons. The van der Waals surface area contributed by atoms with Gasteiger partial charge in [-0.05, 0) is 38.1 Å². The molecule has 1 aromatic heterocycles. The van der Waals surface area contributed by atoms with Crippen LogP contribution in [0.3, 0.4) is 0 Å². The molecule has 3 rings (SSSR count). The largest absolute Gasteiger partial charge is 0.449 e. The summed E-state index contributed by atoms with van der Waals surface area (Å²) >= 11 is 0. The van der Waals surface area contributed by atoms with Gasteiger partial charge in [0.05, 0.1) is 11.3 Å². The number of hydrogen-bond donors (Lipinski definition) is 1. The lowest BCUT2D eigenvalue weighted by Crippen LogP contribution is -2.30. The molecule has 0 spiro atoms. The van der Waals surface area contributed by atoms with Gasteiger partial charge < -0.3 is 14.6 Å². The fourth-order valence-electron chi connectivity index (χ4n) is 2.55. The first-order valence-corrected chi connectivity index (χ1v) is 8.26. The number of benzene rings is 1. The summed E-state index contributed by atoms with van der Waals surface area (Å²) in [6.07, 6.45) is -0.698. The zero-order valence-electron chi connectivity index (χ0n) is 14.7. The van der Waals surface area contributed by atoms with Gasteiger partial charge in [0.1, 0.15) is 5.76 Å². The fraction of sp³-hybridized carbons (Fsp3) is 0.278. The SMILES string of the molecule is Cc1cc(NC(=O)[C@H](C)OC(=O)c2ccc(N3C(=O)CCC3=O)cc2)no1. The fourth-order valence-corrected chi connectivity index (χ4v) is 2.55. The van der Waals surface area contributed by atoms with E-state index in [-0.39, 0.29) is 36.0 Å². The van der Waals surface area contributed by atoms with E-state index in [9.17, 15) is 19.2 Å². The number of esters is 1. The van der Waals surface area contributed by atoms with Crippen LogP contribution in [-0.2, 0) is 19.1 Å². The van der Waals surface area contributed by atoms with E-state index in [2.05, 4.69) is 10.5 Å². The molecule has 1 saturated heterocycles. The van der Waals surface area contributed by atoms with Crippen LogP contribution in [0.2, 0.25) is 0 Å². The number of aromatic nitrogens is 1. The van der Waals surface area contributed by atoms with E-state index in [1.54, 1.807) is 6.92 Å². The summed E-state index contributed by atoms with van der Waals surface area (Å²) in [6.45, 7) is 3.11.